The average Bonchev–Trinajstić information content (AvgIpc) is 2.62. The number of nitrogens with zero attached hydrogens (tertiary/aromatic N) is 1. The maximum absolute atomic E-state index is 13.6. The number of carbonyl (C=O) groups is 1. The van der Waals surface area contributed by atoms with Crippen LogP contribution in [0.5, 0.6) is 0 Å². The van der Waals surface area contributed by atoms with E-state index in [1.807, 2.05) is 0 Å². The van der Waals surface area contributed by atoms with E-state index in [1.54, 1.807) is 12.2 Å². The van der Waals surface area contributed by atoms with Gasteiger partial charge in [-0.25, -0.2) is 8.78 Å². The predicted molar refractivity (Wildman–Crippen MR) is 99.1 cm³/mol. The lowest BCUT2D eigenvalue weighted by atomic mass is 10.1. The molecule has 0 aliphatic heterocycles. The molecule has 2 aromatic carbocycles. The molecule has 0 atom stereocenters. The third-order valence-corrected chi connectivity index (χ3v) is 3.52. The van der Waals surface area contributed by atoms with Crippen LogP contribution in [0.1, 0.15) is 12.5 Å². The zero-order valence-corrected chi connectivity index (χ0v) is 15.0. The molecule has 0 heterocycles. The van der Waals surface area contributed by atoms with Crippen molar-refractivity contribution in [3.8, 4) is 0 Å². The Hall–Kier alpha value is -3.08. The molecule has 0 radical (unpaired) electrons. The Morgan fingerprint density at radius 1 is 1.04 bits per heavy atom. The number of carbonyl (C=O) groups excluding carboxylic acids is 1. The lowest BCUT2D eigenvalue weighted by Gasteiger charge is -2.10. The fourth-order valence-corrected chi connectivity index (χ4v) is 2.09. The predicted octanol–water partition coefficient (Wildman–Crippen LogP) is 4.18. The van der Waals surface area contributed by atoms with Crippen LogP contribution in [0.3, 0.4) is 0 Å². The molecule has 2 rings (SSSR count). The molecule has 11 heteroatoms. The van der Waals surface area contributed by atoms with Gasteiger partial charge in [0.15, 0.2) is 5.11 Å². The van der Waals surface area contributed by atoms with Crippen LogP contribution in [0, 0.1) is 11.6 Å². The molecule has 2 aromatic rings. The molecule has 1 amide bonds. The van der Waals surface area contributed by atoms with Gasteiger partial charge in [0.1, 0.15) is 11.6 Å². The van der Waals surface area contributed by atoms with Crippen LogP contribution in [-0.2, 0) is 4.79 Å². The van der Waals surface area contributed by atoms with Crippen LogP contribution in [0.2, 0.25) is 0 Å². The average molecular weight is 416 g/mol. The van der Waals surface area contributed by atoms with Crippen LogP contribution in [0.15, 0.2) is 47.6 Å². The van der Waals surface area contributed by atoms with Crippen molar-refractivity contribution >= 4 is 40.3 Å². The monoisotopic (exact) mass is 416 g/mol. The summed E-state index contributed by atoms with van der Waals surface area (Å²) in [5.41, 5.74) is 3.34. The third kappa shape index (κ3) is 5.98. The molecule has 5 nitrogen and oxygen atoms in total. The first kappa shape index (κ1) is 21.2. The van der Waals surface area contributed by atoms with Gasteiger partial charge in [-0.3, -0.25) is 10.2 Å². The summed E-state index contributed by atoms with van der Waals surface area (Å²) < 4.78 is 63.1. The minimum atomic E-state index is -4.98. The number of nitrogens with one attached hydrogen (secondary N) is 3. The summed E-state index contributed by atoms with van der Waals surface area (Å²) in [6.07, 6.45) is -4.98. The van der Waals surface area contributed by atoms with Crippen molar-refractivity contribution in [1.82, 2.24) is 5.43 Å². The minimum Gasteiger partial charge on any atom is -0.329 e. The first-order chi connectivity index (χ1) is 13.1. The molecule has 3 N–H and O–H groups in total. The van der Waals surface area contributed by atoms with Crippen LogP contribution in [0.4, 0.5) is 33.3 Å². The van der Waals surface area contributed by atoms with Gasteiger partial charge in [-0.1, -0.05) is 12.1 Å². The Balaban J connectivity index is 1.97. The quantitative estimate of drug-likeness (QED) is 0.303. The number of amides is 1. The van der Waals surface area contributed by atoms with E-state index in [2.05, 4.69) is 15.8 Å². The summed E-state index contributed by atoms with van der Waals surface area (Å²) in [5, 5.41) is 8.14. The van der Waals surface area contributed by atoms with Gasteiger partial charge in [-0.2, -0.15) is 18.3 Å². The molecule has 28 heavy (non-hydrogen) atoms. The van der Waals surface area contributed by atoms with Crippen molar-refractivity contribution in [2.75, 3.05) is 10.6 Å². The summed E-state index contributed by atoms with van der Waals surface area (Å²) in [6, 6.07) is 8.37. The van der Waals surface area contributed by atoms with Gasteiger partial charge in [0.25, 0.3) is 0 Å². The fourth-order valence-electron chi connectivity index (χ4n) is 1.94. The topological polar surface area (TPSA) is 65.5 Å². The van der Waals surface area contributed by atoms with Gasteiger partial charge in [-0.15, -0.1) is 0 Å². The summed E-state index contributed by atoms with van der Waals surface area (Å²) in [6.45, 7) is 1.59. The Morgan fingerprint density at radius 3 is 2.25 bits per heavy atom. The second kappa shape index (κ2) is 8.74. The van der Waals surface area contributed by atoms with Gasteiger partial charge < -0.3 is 10.6 Å². The Bertz CT molecular complexity index is 913. The van der Waals surface area contributed by atoms with Crippen molar-refractivity contribution in [2.45, 2.75) is 13.1 Å². The molecule has 0 fully saturated rings. The first-order valence-corrected chi connectivity index (χ1v) is 8.02. The maximum atomic E-state index is 13.6. The Labute approximate surface area is 161 Å². The summed E-state index contributed by atoms with van der Waals surface area (Å²) >= 11 is 4.96. The highest BCUT2D eigenvalue weighted by Crippen LogP contribution is 2.19. The molecule has 0 aliphatic carbocycles. The van der Waals surface area contributed by atoms with Crippen molar-refractivity contribution in [1.29, 1.82) is 0 Å². The van der Waals surface area contributed by atoms with Gasteiger partial charge in [0.2, 0.25) is 0 Å². The third-order valence-electron chi connectivity index (χ3n) is 3.32. The number of hydrazone groups is 1. The number of benzene rings is 2. The highest BCUT2D eigenvalue weighted by Gasteiger charge is 2.38. The van der Waals surface area contributed by atoms with Gasteiger partial charge >= 0.3 is 12.1 Å². The van der Waals surface area contributed by atoms with E-state index in [1.165, 1.54) is 30.3 Å². The van der Waals surface area contributed by atoms with E-state index in [9.17, 15) is 26.7 Å². The zero-order chi connectivity index (χ0) is 20.9. The van der Waals surface area contributed by atoms with Crippen molar-refractivity contribution in [3.63, 3.8) is 0 Å². The molecule has 0 bridgehead atoms. The highest BCUT2D eigenvalue weighted by molar-refractivity contribution is 7.80. The fraction of sp³-hybridized carbons (Fsp3) is 0.118. The zero-order valence-electron chi connectivity index (χ0n) is 14.2. The number of halogens is 5. The maximum Gasteiger partial charge on any atom is 0.471 e. The Morgan fingerprint density at radius 2 is 1.68 bits per heavy atom. The normalized spacial score (nSPS) is 11.7. The molecular weight excluding hydrogens is 403 g/mol. The van der Waals surface area contributed by atoms with Gasteiger partial charge in [0.05, 0.1) is 11.4 Å². The molecule has 0 aliphatic rings. The van der Waals surface area contributed by atoms with Crippen molar-refractivity contribution < 1.29 is 26.7 Å². The van der Waals surface area contributed by atoms with Crippen LogP contribution in [0.25, 0.3) is 0 Å². The van der Waals surface area contributed by atoms with E-state index in [0.29, 0.717) is 17.3 Å². The molecule has 0 spiro atoms. The molecular formula is C17H13F5N4OS. The number of thiocarbonyl (C=S) groups is 1. The lowest BCUT2D eigenvalue weighted by molar-refractivity contribution is -0.167. The van der Waals surface area contributed by atoms with Crippen LogP contribution in [-0.4, -0.2) is 22.9 Å². The molecule has 0 saturated carbocycles. The summed E-state index contributed by atoms with van der Waals surface area (Å²) in [5.74, 6) is -3.64. The SMILES string of the molecule is C/C(=N/NC(=S)Nc1ccc(F)cc1F)c1ccc(NC(=O)C(F)(F)F)cc1. The largest absolute Gasteiger partial charge is 0.471 e. The van der Waals surface area contributed by atoms with E-state index in [4.69, 9.17) is 12.2 Å². The van der Waals surface area contributed by atoms with Gasteiger partial charge in [0, 0.05) is 11.8 Å². The second-order valence-corrected chi connectivity index (χ2v) is 5.82. The minimum absolute atomic E-state index is 0.0317. The summed E-state index contributed by atoms with van der Waals surface area (Å²) in [4.78, 5) is 10.9. The molecule has 0 unspecified atom stereocenters. The van der Waals surface area contributed by atoms with Crippen molar-refractivity contribution in [2.24, 2.45) is 5.10 Å². The van der Waals surface area contributed by atoms with Crippen LogP contribution >= 0.6 is 12.2 Å². The van der Waals surface area contributed by atoms with E-state index in [0.717, 1.165) is 6.07 Å². The van der Waals surface area contributed by atoms with Gasteiger partial charge in [-0.05, 0) is 49.0 Å². The molecule has 148 valence electrons. The number of rotatable bonds is 4. The first-order valence-electron chi connectivity index (χ1n) is 7.61. The standard InChI is InChI=1S/C17H13F5N4OS/c1-9(10-2-5-12(6-3-10)23-15(27)17(20,21)22)25-26-16(28)24-14-7-4-11(18)8-13(14)19/h2-8H,1H3,(H,23,27)(H2,24,26,28)/b25-9-. The number of alkyl halides is 3. The second-order valence-electron chi connectivity index (χ2n) is 5.42. The van der Waals surface area contributed by atoms with Crippen molar-refractivity contribution in [3.05, 3.63) is 59.7 Å². The molecule has 0 saturated heterocycles. The highest BCUT2D eigenvalue weighted by atomic mass is 32.1. The summed E-state index contributed by atoms with van der Waals surface area (Å²) in [7, 11) is 0. The number of hydrogen-bond acceptors (Lipinski definition) is 3. The van der Waals surface area contributed by atoms with Crippen LogP contribution < -0.4 is 16.1 Å². The lowest BCUT2D eigenvalue weighted by Crippen LogP contribution is -2.29. The van der Waals surface area contributed by atoms with E-state index < -0.39 is 23.7 Å². The Kier molecular flexibility index (Phi) is 6.62. The molecule has 0 aromatic heterocycles. The number of hydrogen-bond donors (Lipinski definition) is 3. The number of anilines is 2. The van der Waals surface area contributed by atoms with E-state index in [-0.39, 0.29) is 16.5 Å². The van der Waals surface area contributed by atoms with E-state index >= 15 is 0 Å². The smallest absolute Gasteiger partial charge is 0.329 e.